The van der Waals surface area contributed by atoms with Crippen molar-refractivity contribution < 1.29 is 9.13 Å². The van der Waals surface area contributed by atoms with Crippen LogP contribution in [-0.4, -0.2) is 11.1 Å². The molecule has 0 saturated carbocycles. The van der Waals surface area contributed by atoms with Crippen LogP contribution in [0.4, 0.5) is 5.82 Å². The first kappa shape index (κ1) is 12.6. The summed E-state index contributed by atoms with van der Waals surface area (Å²) in [6.07, 6.45) is 10.1. The molecule has 5 heteroatoms. The highest BCUT2D eigenvalue weighted by Gasteiger charge is 2.28. The molecule has 1 aliphatic heterocycles. The Morgan fingerprint density at radius 1 is 1.20 bits per heavy atom. The van der Waals surface area contributed by atoms with E-state index in [-0.39, 0.29) is 6.17 Å². The lowest BCUT2D eigenvalue weighted by Gasteiger charge is -2.16. The Morgan fingerprint density at radius 2 is 2.05 bits per heavy atom. The molecule has 5 nitrogen and oxygen atoms in total. The van der Waals surface area contributed by atoms with Crippen molar-refractivity contribution in [2.75, 3.05) is 4.90 Å². The smallest absolute Gasteiger partial charge is 0.302 e. The number of nitrogens with zero attached hydrogens (tertiary/aromatic N) is 4. The van der Waals surface area contributed by atoms with Gasteiger partial charge in [-0.2, -0.15) is 4.57 Å². The van der Waals surface area contributed by atoms with Gasteiger partial charge < -0.3 is 5.32 Å². The Kier molecular flexibility index (Phi) is 3.10. The highest BCUT2D eigenvalue weighted by Crippen LogP contribution is 2.17. The normalized spacial score (nSPS) is 17.4. The van der Waals surface area contributed by atoms with Crippen molar-refractivity contribution >= 4 is 5.82 Å². The fraction of sp³-hybridized carbons (Fsp3) is 0.267. The third-order valence-electron chi connectivity index (χ3n) is 3.66. The third-order valence-corrected chi connectivity index (χ3v) is 3.66. The van der Waals surface area contributed by atoms with Crippen molar-refractivity contribution in [3.8, 4) is 11.4 Å². The second kappa shape index (κ2) is 4.92. The van der Waals surface area contributed by atoms with Gasteiger partial charge in [0.2, 0.25) is 5.69 Å². The third kappa shape index (κ3) is 2.01. The fourth-order valence-corrected chi connectivity index (χ4v) is 2.49. The molecule has 0 amide bonds. The van der Waals surface area contributed by atoms with Crippen molar-refractivity contribution in [2.24, 2.45) is 14.1 Å². The monoisotopic (exact) mass is 269 g/mol. The number of aromatic nitrogens is 3. The van der Waals surface area contributed by atoms with Gasteiger partial charge in [0.1, 0.15) is 19.4 Å². The fourth-order valence-electron chi connectivity index (χ4n) is 2.49. The quantitative estimate of drug-likeness (QED) is 0.812. The van der Waals surface area contributed by atoms with Gasteiger partial charge in [-0.05, 0) is 13.0 Å². The second-order valence-corrected chi connectivity index (χ2v) is 4.97. The number of pyridine rings is 1. The van der Waals surface area contributed by atoms with Crippen molar-refractivity contribution in [1.82, 2.24) is 10.3 Å². The number of anilines is 1. The number of aryl methyl sites for hydroxylation is 1. The van der Waals surface area contributed by atoms with E-state index in [0.29, 0.717) is 0 Å². The van der Waals surface area contributed by atoms with Crippen LogP contribution in [0.25, 0.3) is 11.4 Å². The lowest BCUT2D eigenvalue weighted by atomic mass is 10.2. The molecule has 2 aromatic heterocycles. The van der Waals surface area contributed by atoms with Crippen LogP contribution in [0.3, 0.4) is 0 Å². The average molecular weight is 269 g/mol. The Morgan fingerprint density at radius 3 is 2.75 bits per heavy atom. The zero-order chi connectivity index (χ0) is 14.1. The molecular formula is C15H19N5+2. The zero-order valence-electron chi connectivity index (χ0n) is 12.0. The summed E-state index contributed by atoms with van der Waals surface area (Å²) in [5.41, 5.74) is 2.21. The van der Waals surface area contributed by atoms with E-state index in [0.717, 1.165) is 17.2 Å². The summed E-state index contributed by atoms with van der Waals surface area (Å²) in [4.78, 5) is 6.57. The highest BCUT2D eigenvalue weighted by atomic mass is 15.3. The minimum Gasteiger partial charge on any atom is -0.350 e. The van der Waals surface area contributed by atoms with Crippen molar-refractivity contribution in [3.05, 3.63) is 49.2 Å². The Balaban J connectivity index is 2.11. The molecule has 102 valence electrons. The standard InChI is InChI=1S/C15H18N5/c1-12-17-7-9-20(12)15-11-16-10-14(19(15)3)13-6-4-5-8-18(13)2/h4-12H,1-3H3/q+1/p+1/t12-/m1/s1. The van der Waals surface area contributed by atoms with E-state index in [2.05, 4.69) is 44.4 Å². The molecule has 3 rings (SSSR count). The molecule has 0 radical (unpaired) electrons. The maximum atomic E-state index is 4.40. The van der Waals surface area contributed by atoms with Crippen LogP contribution in [-0.2, 0) is 14.1 Å². The summed E-state index contributed by atoms with van der Waals surface area (Å²) < 4.78 is 4.26. The van der Waals surface area contributed by atoms with E-state index in [1.54, 1.807) is 0 Å². The Bertz CT molecular complexity index is 665. The lowest BCUT2D eigenvalue weighted by molar-refractivity contribution is -0.684. The van der Waals surface area contributed by atoms with Crippen LogP contribution < -0.4 is 19.4 Å². The summed E-state index contributed by atoms with van der Waals surface area (Å²) in [5, 5.41) is 3.26. The first-order valence-electron chi connectivity index (χ1n) is 6.68. The Hall–Kier alpha value is -2.43. The van der Waals surface area contributed by atoms with E-state index in [1.807, 2.05) is 50.2 Å². The number of hydrogen-bond donors (Lipinski definition) is 1. The van der Waals surface area contributed by atoms with Crippen LogP contribution in [0.15, 0.2) is 49.2 Å². The first-order chi connectivity index (χ1) is 9.68. The molecule has 1 atom stereocenters. The van der Waals surface area contributed by atoms with Gasteiger partial charge in [-0.15, -0.1) is 0 Å². The summed E-state index contributed by atoms with van der Waals surface area (Å²) in [5.74, 6) is 1.06. The predicted molar refractivity (Wildman–Crippen MR) is 76.2 cm³/mol. The molecule has 0 fully saturated rings. The molecule has 0 spiro atoms. The van der Waals surface area contributed by atoms with Gasteiger partial charge in [0.15, 0.2) is 12.4 Å². The Labute approximate surface area is 118 Å². The molecule has 1 aliphatic rings. The van der Waals surface area contributed by atoms with Crippen LogP contribution in [0, 0.1) is 0 Å². The molecule has 0 unspecified atom stereocenters. The molecular weight excluding hydrogens is 250 g/mol. The summed E-state index contributed by atoms with van der Waals surface area (Å²) in [6.45, 7) is 2.12. The highest BCUT2D eigenvalue weighted by molar-refractivity contribution is 5.48. The van der Waals surface area contributed by atoms with Gasteiger partial charge in [-0.25, -0.2) is 9.47 Å². The molecule has 3 heterocycles. The SMILES string of the molecule is C[C@@H]1NC=CN1c1cncc(-c2cccc[n+]2C)[n+]1C. The minimum absolute atomic E-state index is 0.239. The second-order valence-electron chi connectivity index (χ2n) is 4.97. The van der Waals surface area contributed by atoms with E-state index in [9.17, 15) is 0 Å². The predicted octanol–water partition coefficient (Wildman–Crippen LogP) is 0.624. The number of nitrogens with one attached hydrogen (secondary N) is 1. The maximum Gasteiger partial charge on any atom is 0.302 e. The molecule has 0 aromatic carbocycles. The van der Waals surface area contributed by atoms with Gasteiger partial charge in [0, 0.05) is 18.3 Å². The van der Waals surface area contributed by atoms with E-state index < -0.39 is 0 Å². The van der Waals surface area contributed by atoms with Crippen LogP contribution in [0.5, 0.6) is 0 Å². The van der Waals surface area contributed by atoms with E-state index >= 15 is 0 Å². The summed E-state index contributed by atoms with van der Waals surface area (Å²) in [7, 11) is 4.11. The average Bonchev–Trinajstić information content (AvgIpc) is 2.86. The van der Waals surface area contributed by atoms with Crippen molar-refractivity contribution in [3.63, 3.8) is 0 Å². The van der Waals surface area contributed by atoms with E-state index in [1.165, 1.54) is 0 Å². The zero-order valence-corrected chi connectivity index (χ0v) is 12.0. The number of hydrogen-bond acceptors (Lipinski definition) is 3. The molecule has 2 aromatic rings. The van der Waals surface area contributed by atoms with Crippen LogP contribution in [0.1, 0.15) is 6.92 Å². The van der Waals surface area contributed by atoms with Gasteiger partial charge in [-0.3, -0.25) is 4.98 Å². The summed E-state index contributed by atoms with van der Waals surface area (Å²) in [6, 6.07) is 6.17. The summed E-state index contributed by atoms with van der Waals surface area (Å²) >= 11 is 0. The topological polar surface area (TPSA) is 35.9 Å². The number of rotatable bonds is 2. The first-order valence-corrected chi connectivity index (χ1v) is 6.68. The minimum atomic E-state index is 0.239. The maximum absolute atomic E-state index is 4.40. The van der Waals surface area contributed by atoms with Crippen molar-refractivity contribution in [2.45, 2.75) is 13.1 Å². The van der Waals surface area contributed by atoms with Crippen molar-refractivity contribution in [1.29, 1.82) is 0 Å². The van der Waals surface area contributed by atoms with Crippen LogP contribution >= 0.6 is 0 Å². The van der Waals surface area contributed by atoms with Gasteiger partial charge in [0.25, 0.3) is 5.69 Å². The molecule has 0 saturated heterocycles. The van der Waals surface area contributed by atoms with E-state index in [4.69, 9.17) is 0 Å². The van der Waals surface area contributed by atoms with Crippen LogP contribution in [0.2, 0.25) is 0 Å². The molecule has 0 aliphatic carbocycles. The van der Waals surface area contributed by atoms with Gasteiger partial charge in [0.05, 0.1) is 13.2 Å². The molecule has 0 bridgehead atoms. The largest absolute Gasteiger partial charge is 0.350 e. The van der Waals surface area contributed by atoms with Gasteiger partial charge >= 0.3 is 5.82 Å². The van der Waals surface area contributed by atoms with Gasteiger partial charge in [-0.1, -0.05) is 0 Å². The molecule has 1 N–H and O–H groups in total. The lowest BCUT2D eigenvalue weighted by Crippen LogP contribution is -2.45. The molecule has 20 heavy (non-hydrogen) atoms.